The third-order valence-electron chi connectivity index (χ3n) is 3.74. The minimum atomic E-state index is -4.47. The zero-order chi connectivity index (χ0) is 20.6. The number of halogens is 3. The molecule has 0 saturated heterocycles. The summed E-state index contributed by atoms with van der Waals surface area (Å²) in [7, 11) is 3.09. The van der Waals surface area contributed by atoms with E-state index in [0.717, 1.165) is 11.6 Å². The summed E-state index contributed by atoms with van der Waals surface area (Å²) in [4.78, 5) is 4.18. The highest BCUT2D eigenvalue weighted by Crippen LogP contribution is 2.35. The van der Waals surface area contributed by atoms with E-state index in [2.05, 4.69) is 10.3 Å². The van der Waals surface area contributed by atoms with Crippen molar-refractivity contribution in [3.63, 3.8) is 0 Å². The summed E-state index contributed by atoms with van der Waals surface area (Å²) in [6.45, 7) is 0.504. The molecule has 0 fully saturated rings. The molecule has 2 rings (SSSR count). The maximum Gasteiger partial charge on any atom is 0.419 e. The molecule has 2 aromatic rings. The van der Waals surface area contributed by atoms with Crippen LogP contribution in [0.5, 0.6) is 17.2 Å². The molecule has 0 aliphatic heterocycles. The minimum absolute atomic E-state index is 0.000325. The lowest BCUT2D eigenvalue weighted by Crippen LogP contribution is -2.34. The summed E-state index contributed by atoms with van der Waals surface area (Å²) >= 11 is 0. The molecule has 3 N–H and O–H groups in total. The lowest BCUT2D eigenvalue weighted by Gasteiger charge is -2.14. The van der Waals surface area contributed by atoms with Crippen LogP contribution in [-0.2, 0) is 12.7 Å². The summed E-state index contributed by atoms with van der Waals surface area (Å²) in [5.41, 5.74) is 5.82. The number of nitrogens with one attached hydrogen (secondary N) is 1. The zero-order valence-corrected chi connectivity index (χ0v) is 15.5. The van der Waals surface area contributed by atoms with Crippen LogP contribution in [0.1, 0.15) is 11.1 Å². The fraction of sp³-hybridized carbons (Fsp3) is 0.316. The van der Waals surface area contributed by atoms with Gasteiger partial charge in [-0.1, -0.05) is 18.2 Å². The quantitative estimate of drug-likeness (QED) is 0.406. The van der Waals surface area contributed by atoms with E-state index in [9.17, 15) is 13.2 Å². The van der Waals surface area contributed by atoms with Crippen LogP contribution in [0.25, 0.3) is 0 Å². The Hall–Kier alpha value is -3.10. The Kier molecular flexibility index (Phi) is 7.36. The minimum Gasteiger partial charge on any atom is -0.493 e. The molecule has 0 heterocycles. The molecule has 0 aliphatic carbocycles. The van der Waals surface area contributed by atoms with E-state index in [0.29, 0.717) is 18.0 Å². The van der Waals surface area contributed by atoms with Gasteiger partial charge < -0.3 is 25.3 Å². The second kappa shape index (κ2) is 9.72. The van der Waals surface area contributed by atoms with Gasteiger partial charge in [0.05, 0.1) is 32.9 Å². The average molecular weight is 397 g/mol. The number of hydrogen-bond donors (Lipinski definition) is 2. The van der Waals surface area contributed by atoms with Crippen molar-refractivity contribution in [1.82, 2.24) is 5.32 Å². The van der Waals surface area contributed by atoms with E-state index < -0.39 is 11.7 Å². The fourth-order valence-corrected chi connectivity index (χ4v) is 2.38. The van der Waals surface area contributed by atoms with Crippen LogP contribution in [0.2, 0.25) is 0 Å². The van der Waals surface area contributed by atoms with Crippen LogP contribution < -0.4 is 25.3 Å². The van der Waals surface area contributed by atoms with Gasteiger partial charge in [0, 0.05) is 0 Å². The normalized spacial score (nSPS) is 11.8. The number of benzene rings is 2. The fourth-order valence-electron chi connectivity index (χ4n) is 2.38. The molecule has 0 saturated carbocycles. The first-order valence-electron chi connectivity index (χ1n) is 8.39. The van der Waals surface area contributed by atoms with E-state index in [-0.39, 0.29) is 24.9 Å². The molecule has 2 aromatic carbocycles. The SMILES string of the molecule is COc1ccc(CN=C(N)NCCOc2ccccc2C(F)(F)F)cc1OC. The van der Waals surface area contributed by atoms with Gasteiger partial charge in [-0.3, -0.25) is 0 Å². The van der Waals surface area contributed by atoms with Crippen LogP contribution in [0, 0.1) is 0 Å². The van der Waals surface area contributed by atoms with Crippen LogP contribution >= 0.6 is 0 Å². The predicted octanol–water partition coefficient (Wildman–Crippen LogP) is 3.21. The van der Waals surface area contributed by atoms with Gasteiger partial charge >= 0.3 is 6.18 Å². The Labute approximate surface area is 161 Å². The Morgan fingerprint density at radius 3 is 2.43 bits per heavy atom. The number of alkyl halides is 3. The highest BCUT2D eigenvalue weighted by molar-refractivity contribution is 5.77. The van der Waals surface area contributed by atoms with Gasteiger partial charge in [-0.05, 0) is 29.8 Å². The first kappa shape index (κ1) is 21.2. The number of nitrogens with two attached hydrogens (primary N) is 1. The van der Waals surface area contributed by atoms with Crippen molar-refractivity contribution in [2.45, 2.75) is 12.7 Å². The number of nitrogens with zero attached hydrogens (tertiary/aromatic N) is 1. The standard InChI is InChI=1S/C19H22F3N3O3/c1-26-16-8-7-13(11-17(16)27-2)12-25-18(23)24-9-10-28-15-6-4-3-5-14(15)19(20,21)22/h3-8,11H,9-10,12H2,1-2H3,(H3,23,24,25). The molecule has 152 valence electrons. The third-order valence-corrected chi connectivity index (χ3v) is 3.74. The summed E-state index contributed by atoms with van der Waals surface area (Å²) in [5.74, 6) is 1.12. The summed E-state index contributed by atoms with van der Waals surface area (Å²) in [6, 6.07) is 10.4. The van der Waals surface area contributed by atoms with Crippen molar-refractivity contribution >= 4 is 5.96 Å². The molecule has 0 bridgehead atoms. The molecule has 0 aromatic heterocycles. The van der Waals surface area contributed by atoms with Crippen molar-refractivity contribution in [2.24, 2.45) is 10.7 Å². The first-order chi connectivity index (χ1) is 13.3. The molecular weight excluding hydrogens is 375 g/mol. The number of guanidine groups is 1. The van der Waals surface area contributed by atoms with E-state index >= 15 is 0 Å². The number of ether oxygens (including phenoxy) is 3. The van der Waals surface area contributed by atoms with Crippen LogP contribution in [0.3, 0.4) is 0 Å². The summed E-state index contributed by atoms with van der Waals surface area (Å²) < 4.78 is 54.3. The molecule has 0 amide bonds. The number of aliphatic imine (C=N–C) groups is 1. The lowest BCUT2D eigenvalue weighted by molar-refractivity contribution is -0.138. The van der Waals surface area contributed by atoms with Gasteiger partial charge in [0.15, 0.2) is 17.5 Å². The molecule has 0 atom stereocenters. The van der Waals surface area contributed by atoms with Crippen molar-refractivity contribution in [1.29, 1.82) is 0 Å². The van der Waals surface area contributed by atoms with Gasteiger partial charge in [-0.2, -0.15) is 13.2 Å². The second-order valence-corrected chi connectivity index (χ2v) is 5.66. The summed E-state index contributed by atoms with van der Waals surface area (Å²) in [6.07, 6.45) is -4.47. The highest BCUT2D eigenvalue weighted by Gasteiger charge is 2.33. The molecule has 9 heteroatoms. The Morgan fingerprint density at radius 1 is 1.04 bits per heavy atom. The Bertz CT molecular complexity index is 810. The lowest BCUT2D eigenvalue weighted by atomic mass is 10.2. The highest BCUT2D eigenvalue weighted by atomic mass is 19.4. The molecule has 0 spiro atoms. The predicted molar refractivity (Wildman–Crippen MR) is 99.8 cm³/mol. The van der Waals surface area contributed by atoms with Crippen molar-refractivity contribution in [3.8, 4) is 17.2 Å². The molecular formula is C19H22F3N3O3. The Balaban J connectivity index is 1.84. The molecule has 0 unspecified atom stereocenters. The van der Waals surface area contributed by atoms with Crippen LogP contribution in [-0.4, -0.2) is 33.3 Å². The number of hydrogen-bond acceptors (Lipinski definition) is 4. The van der Waals surface area contributed by atoms with E-state index in [4.69, 9.17) is 19.9 Å². The third kappa shape index (κ3) is 5.97. The van der Waals surface area contributed by atoms with Gasteiger partial charge in [0.2, 0.25) is 0 Å². The van der Waals surface area contributed by atoms with Crippen LogP contribution in [0.15, 0.2) is 47.5 Å². The topological polar surface area (TPSA) is 78.1 Å². The monoisotopic (exact) mass is 397 g/mol. The van der Waals surface area contributed by atoms with Gasteiger partial charge in [-0.15, -0.1) is 0 Å². The average Bonchev–Trinajstić information content (AvgIpc) is 2.69. The molecule has 28 heavy (non-hydrogen) atoms. The van der Waals surface area contributed by atoms with E-state index in [1.54, 1.807) is 19.2 Å². The molecule has 0 radical (unpaired) electrons. The van der Waals surface area contributed by atoms with Gasteiger partial charge in [0.1, 0.15) is 12.4 Å². The van der Waals surface area contributed by atoms with Crippen molar-refractivity contribution < 1.29 is 27.4 Å². The van der Waals surface area contributed by atoms with Crippen molar-refractivity contribution in [2.75, 3.05) is 27.4 Å². The zero-order valence-electron chi connectivity index (χ0n) is 15.5. The number of rotatable bonds is 8. The smallest absolute Gasteiger partial charge is 0.419 e. The summed E-state index contributed by atoms with van der Waals surface area (Å²) in [5, 5.41) is 2.80. The maximum absolute atomic E-state index is 12.9. The first-order valence-corrected chi connectivity index (χ1v) is 8.39. The van der Waals surface area contributed by atoms with Gasteiger partial charge in [0.25, 0.3) is 0 Å². The van der Waals surface area contributed by atoms with Crippen LogP contribution in [0.4, 0.5) is 13.2 Å². The van der Waals surface area contributed by atoms with E-state index in [1.165, 1.54) is 25.3 Å². The Morgan fingerprint density at radius 2 is 1.75 bits per heavy atom. The maximum atomic E-state index is 12.9. The van der Waals surface area contributed by atoms with E-state index in [1.807, 2.05) is 6.07 Å². The second-order valence-electron chi connectivity index (χ2n) is 5.66. The molecule has 6 nitrogen and oxygen atoms in total. The number of methoxy groups -OCH3 is 2. The number of para-hydroxylation sites is 1. The largest absolute Gasteiger partial charge is 0.493 e. The van der Waals surface area contributed by atoms with Crippen molar-refractivity contribution in [3.05, 3.63) is 53.6 Å². The van der Waals surface area contributed by atoms with Gasteiger partial charge in [-0.25, -0.2) is 4.99 Å². The molecule has 0 aliphatic rings.